The van der Waals surface area contributed by atoms with Gasteiger partial charge in [0.05, 0.1) is 0 Å². The van der Waals surface area contributed by atoms with Crippen LogP contribution in [0.2, 0.25) is 0 Å². The van der Waals surface area contributed by atoms with Crippen molar-refractivity contribution in [1.29, 1.82) is 0 Å². The van der Waals surface area contributed by atoms with Crippen molar-refractivity contribution in [3.63, 3.8) is 0 Å². The van der Waals surface area contributed by atoms with Crippen LogP contribution in [0.15, 0.2) is 53.6 Å². The molecule has 1 fully saturated rings. The molecule has 2 aromatic heterocycles. The molecule has 3 aromatic rings. The number of benzene rings is 1. The van der Waals surface area contributed by atoms with Gasteiger partial charge in [0.15, 0.2) is 0 Å². The molecule has 0 saturated heterocycles. The second kappa shape index (κ2) is 6.87. The maximum atomic E-state index is 12.5. The van der Waals surface area contributed by atoms with Gasteiger partial charge in [0.1, 0.15) is 11.5 Å². The van der Waals surface area contributed by atoms with Crippen LogP contribution in [-0.2, 0) is 13.6 Å². The van der Waals surface area contributed by atoms with Gasteiger partial charge in [-0.3, -0.25) is 9.59 Å². The topological polar surface area (TPSA) is 68.9 Å². The molecule has 1 N–H and O–H groups in total. The van der Waals surface area contributed by atoms with E-state index in [4.69, 9.17) is 0 Å². The molecule has 1 saturated carbocycles. The Morgan fingerprint density at radius 2 is 1.96 bits per heavy atom. The lowest BCUT2D eigenvalue weighted by Gasteiger charge is -2.10. The summed E-state index contributed by atoms with van der Waals surface area (Å²) >= 11 is 0. The molecule has 27 heavy (non-hydrogen) atoms. The van der Waals surface area contributed by atoms with Gasteiger partial charge in [0, 0.05) is 43.2 Å². The number of carbonyl (C=O) groups excluding carboxylic acids is 1. The molecule has 2 heterocycles. The predicted octanol–water partition coefficient (Wildman–Crippen LogP) is 2.50. The number of nitrogens with zero attached hydrogens (tertiary/aromatic N) is 3. The van der Waals surface area contributed by atoms with Crippen LogP contribution in [0, 0.1) is 6.92 Å². The van der Waals surface area contributed by atoms with Crippen molar-refractivity contribution in [2.75, 3.05) is 0 Å². The van der Waals surface area contributed by atoms with E-state index in [0.717, 1.165) is 24.0 Å². The Bertz CT molecular complexity index is 1020. The zero-order valence-electron chi connectivity index (χ0n) is 15.5. The quantitative estimate of drug-likeness (QED) is 0.758. The monoisotopic (exact) mass is 362 g/mol. The van der Waals surface area contributed by atoms with E-state index < -0.39 is 0 Å². The first-order valence-electron chi connectivity index (χ1n) is 9.11. The Hall–Kier alpha value is -3.15. The summed E-state index contributed by atoms with van der Waals surface area (Å²) in [5.41, 5.74) is 2.95. The summed E-state index contributed by atoms with van der Waals surface area (Å²) in [6.07, 6.45) is 5.62. The highest BCUT2D eigenvalue weighted by Crippen LogP contribution is 2.22. The summed E-state index contributed by atoms with van der Waals surface area (Å²) in [6, 6.07) is 12.1. The van der Waals surface area contributed by atoms with Gasteiger partial charge in [0.2, 0.25) is 0 Å². The van der Waals surface area contributed by atoms with Crippen molar-refractivity contribution in [3.8, 4) is 11.4 Å². The van der Waals surface area contributed by atoms with Crippen molar-refractivity contribution < 1.29 is 4.79 Å². The Labute approximate surface area is 157 Å². The third kappa shape index (κ3) is 3.69. The molecule has 6 heteroatoms. The van der Waals surface area contributed by atoms with E-state index in [0.29, 0.717) is 23.6 Å². The van der Waals surface area contributed by atoms with Crippen molar-refractivity contribution >= 4 is 5.91 Å². The molecule has 0 radical (unpaired) electrons. The van der Waals surface area contributed by atoms with Crippen LogP contribution in [0.4, 0.5) is 0 Å². The van der Waals surface area contributed by atoms with Gasteiger partial charge < -0.3 is 14.5 Å². The number of pyridine rings is 1. The minimum Gasteiger partial charge on any atom is -0.348 e. The van der Waals surface area contributed by atoms with E-state index in [1.54, 1.807) is 30.9 Å². The van der Waals surface area contributed by atoms with Gasteiger partial charge in [-0.05, 0) is 31.4 Å². The van der Waals surface area contributed by atoms with E-state index >= 15 is 0 Å². The Morgan fingerprint density at radius 1 is 1.22 bits per heavy atom. The molecule has 138 valence electrons. The molecule has 1 aliphatic rings. The molecule has 1 amide bonds. The van der Waals surface area contributed by atoms with Crippen LogP contribution < -0.4 is 10.9 Å². The van der Waals surface area contributed by atoms with E-state index in [2.05, 4.69) is 10.3 Å². The third-order valence-electron chi connectivity index (χ3n) is 4.74. The molecule has 0 unspecified atom stereocenters. The fourth-order valence-electron chi connectivity index (χ4n) is 3.14. The van der Waals surface area contributed by atoms with E-state index in [-0.39, 0.29) is 17.5 Å². The Balaban J connectivity index is 1.76. The summed E-state index contributed by atoms with van der Waals surface area (Å²) in [6.45, 7) is 2.39. The van der Waals surface area contributed by atoms with Gasteiger partial charge >= 0.3 is 0 Å². The summed E-state index contributed by atoms with van der Waals surface area (Å²) in [5, 5.41) is 2.99. The minimum atomic E-state index is -0.146. The SMILES string of the molecule is Cc1cc(-c2nc(C(=O)NC3CC3)cn2Cc2ccccc2)cn(C)c1=O. The van der Waals surface area contributed by atoms with Gasteiger partial charge in [-0.1, -0.05) is 30.3 Å². The average Bonchev–Trinajstić information content (AvgIpc) is 3.37. The smallest absolute Gasteiger partial charge is 0.271 e. The highest BCUT2D eigenvalue weighted by atomic mass is 16.2. The summed E-state index contributed by atoms with van der Waals surface area (Å²) in [4.78, 5) is 29.1. The Morgan fingerprint density at radius 3 is 2.63 bits per heavy atom. The number of aryl methyl sites for hydroxylation is 2. The molecule has 0 aliphatic heterocycles. The lowest BCUT2D eigenvalue weighted by atomic mass is 10.2. The standard InChI is InChI=1S/C21H22N4O2/c1-14-10-16(12-24(2)21(14)27)19-23-18(20(26)22-17-8-9-17)13-25(19)11-15-6-4-3-5-7-15/h3-7,10,12-13,17H,8-9,11H2,1-2H3,(H,22,26). The fraction of sp³-hybridized carbons (Fsp3) is 0.286. The van der Waals surface area contributed by atoms with E-state index in [9.17, 15) is 9.59 Å². The van der Waals surface area contributed by atoms with Crippen molar-refractivity contribution in [3.05, 3.63) is 76.0 Å². The first-order valence-corrected chi connectivity index (χ1v) is 9.11. The second-order valence-corrected chi connectivity index (χ2v) is 7.14. The molecule has 0 spiro atoms. The van der Waals surface area contributed by atoms with Crippen molar-refractivity contribution in [1.82, 2.24) is 19.4 Å². The summed E-state index contributed by atoms with van der Waals surface area (Å²) < 4.78 is 3.52. The van der Waals surface area contributed by atoms with Gasteiger partial charge in [-0.2, -0.15) is 0 Å². The van der Waals surface area contributed by atoms with Crippen LogP contribution >= 0.6 is 0 Å². The predicted molar refractivity (Wildman–Crippen MR) is 104 cm³/mol. The summed E-state index contributed by atoms with van der Waals surface area (Å²) in [5.74, 6) is 0.533. The number of hydrogen-bond donors (Lipinski definition) is 1. The maximum absolute atomic E-state index is 12.5. The van der Waals surface area contributed by atoms with Gasteiger partial charge in [0.25, 0.3) is 11.5 Å². The molecule has 0 atom stereocenters. The first kappa shape index (κ1) is 17.3. The lowest BCUT2D eigenvalue weighted by molar-refractivity contribution is 0.0946. The highest BCUT2D eigenvalue weighted by Gasteiger charge is 2.25. The number of amides is 1. The van der Waals surface area contributed by atoms with Crippen LogP contribution in [-0.4, -0.2) is 26.1 Å². The first-order chi connectivity index (χ1) is 13.0. The second-order valence-electron chi connectivity index (χ2n) is 7.14. The number of nitrogens with one attached hydrogen (secondary N) is 1. The lowest BCUT2D eigenvalue weighted by Crippen LogP contribution is -2.25. The summed E-state index contributed by atoms with van der Waals surface area (Å²) in [7, 11) is 1.73. The van der Waals surface area contributed by atoms with Crippen LogP contribution in [0.1, 0.15) is 34.5 Å². The minimum absolute atomic E-state index is 0.0355. The molecule has 6 nitrogen and oxygen atoms in total. The third-order valence-corrected chi connectivity index (χ3v) is 4.74. The van der Waals surface area contributed by atoms with Crippen molar-refractivity contribution in [2.24, 2.45) is 7.05 Å². The Kier molecular flexibility index (Phi) is 4.39. The van der Waals surface area contributed by atoms with Gasteiger partial charge in [-0.25, -0.2) is 4.98 Å². The number of imidazole rings is 1. The average molecular weight is 362 g/mol. The molecule has 1 aliphatic carbocycles. The number of carbonyl (C=O) groups is 1. The fourth-order valence-corrected chi connectivity index (χ4v) is 3.14. The molecule has 0 bridgehead atoms. The highest BCUT2D eigenvalue weighted by molar-refractivity contribution is 5.93. The van der Waals surface area contributed by atoms with Gasteiger partial charge in [-0.15, -0.1) is 0 Å². The maximum Gasteiger partial charge on any atom is 0.271 e. The van der Waals surface area contributed by atoms with E-state index in [1.807, 2.05) is 41.0 Å². The molecule has 1 aromatic carbocycles. The zero-order valence-corrected chi connectivity index (χ0v) is 15.5. The molecular weight excluding hydrogens is 340 g/mol. The number of aromatic nitrogens is 3. The van der Waals surface area contributed by atoms with Crippen LogP contribution in [0.5, 0.6) is 0 Å². The van der Waals surface area contributed by atoms with Crippen molar-refractivity contribution in [2.45, 2.75) is 32.4 Å². The number of rotatable bonds is 5. The molecule has 4 rings (SSSR count). The number of hydrogen-bond acceptors (Lipinski definition) is 3. The molecular formula is C21H22N4O2. The largest absolute Gasteiger partial charge is 0.348 e. The normalized spacial score (nSPS) is 13.6. The van der Waals surface area contributed by atoms with E-state index in [1.165, 1.54) is 0 Å². The zero-order chi connectivity index (χ0) is 19.0. The van der Waals surface area contributed by atoms with Crippen LogP contribution in [0.25, 0.3) is 11.4 Å². The van der Waals surface area contributed by atoms with Crippen LogP contribution in [0.3, 0.4) is 0 Å².